The fraction of sp³-hybridized carbons (Fsp3) is 0.280. The van der Waals surface area contributed by atoms with Gasteiger partial charge in [-0.15, -0.1) is 11.3 Å². The van der Waals surface area contributed by atoms with Crippen molar-refractivity contribution in [3.63, 3.8) is 0 Å². The van der Waals surface area contributed by atoms with Crippen molar-refractivity contribution in [3.05, 3.63) is 82.0 Å². The average Bonchev–Trinajstić information content (AvgIpc) is 3.46. The lowest BCUT2D eigenvalue weighted by Crippen LogP contribution is -2.35. The predicted molar refractivity (Wildman–Crippen MR) is 133 cm³/mol. The molecule has 0 aliphatic carbocycles. The predicted octanol–water partition coefficient (Wildman–Crippen LogP) is 3.72. The molecular formula is C25H27N3O4S2. The van der Waals surface area contributed by atoms with Gasteiger partial charge in [-0.3, -0.25) is 9.59 Å². The molecule has 1 aromatic heterocycles. The van der Waals surface area contributed by atoms with Gasteiger partial charge in [0.05, 0.1) is 16.9 Å². The van der Waals surface area contributed by atoms with Crippen molar-refractivity contribution in [1.29, 1.82) is 0 Å². The molecule has 0 saturated carbocycles. The Kier molecular flexibility index (Phi) is 6.88. The van der Waals surface area contributed by atoms with E-state index in [-0.39, 0.29) is 29.7 Å². The standard InChI is InChI=1S/C25H27N3O4S2/c1-17-10-12-19(13-11-17)28-23(29)15-20(24(28)21-8-6-14-33-21)25(30)26-16-18-7-4-5-9-22(18)34(31,32)27(2)3/h4-14,20,24H,15-16H2,1-3H3,(H,26,30). The van der Waals surface area contributed by atoms with Gasteiger partial charge in [-0.25, -0.2) is 12.7 Å². The highest BCUT2D eigenvalue weighted by molar-refractivity contribution is 7.89. The summed E-state index contributed by atoms with van der Waals surface area (Å²) in [6.07, 6.45) is 0.0833. The molecule has 9 heteroatoms. The number of rotatable bonds is 7. The van der Waals surface area contributed by atoms with Gasteiger partial charge in [-0.05, 0) is 42.1 Å². The fourth-order valence-corrected chi connectivity index (χ4v) is 6.17. The molecule has 2 atom stereocenters. The molecule has 2 aromatic carbocycles. The van der Waals surface area contributed by atoms with E-state index in [0.29, 0.717) is 5.56 Å². The molecule has 178 valence electrons. The Morgan fingerprint density at radius 3 is 2.44 bits per heavy atom. The van der Waals surface area contributed by atoms with Gasteiger partial charge in [0.1, 0.15) is 0 Å². The molecular weight excluding hydrogens is 470 g/mol. The number of nitrogens with one attached hydrogen (secondary N) is 1. The summed E-state index contributed by atoms with van der Waals surface area (Å²) in [4.78, 5) is 29.2. The molecule has 1 saturated heterocycles. The molecule has 3 aromatic rings. The zero-order valence-corrected chi connectivity index (χ0v) is 20.9. The van der Waals surface area contributed by atoms with E-state index < -0.39 is 22.0 Å². The Morgan fingerprint density at radius 1 is 1.09 bits per heavy atom. The normalized spacial score (nSPS) is 18.5. The minimum Gasteiger partial charge on any atom is -0.352 e. The number of carbonyl (C=O) groups excluding carboxylic acids is 2. The molecule has 4 rings (SSSR count). The molecule has 1 N–H and O–H groups in total. The fourth-order valence-electron chi connectivity index (χ4n) is 4.18. The highest BCUT2D eigenvalue weighted by atomic mass is 32.2. The van der Waals surface area contributed by atoms with Gasteiger partial charge in [-0.2, -0.15) is 0 Å². The molecule has 1 fully saturated rings. The Morgan fingerprint density at radius 2 is 1.79 bits per heavy atom. The zero-order chi connectivity index (χ0) is 24.5. The lowest BCUT2D eigenvalue weighted by Gasteiger charge is -2.27. The van der Waals surface area contributed by atoms with E-state index in [1.54, 1.807) is 23.1 Å². The van der Waals surface area contributed by atoms with Gasteiger partial charge in [-0.1, -0.05) is 42.0 Å². The van der Waals surface area contributed by atoms with Crippen molar-refractivity contribution >= 4 is 38.9 Å². The van der Waals surface area contributed by atoms with Gasteiger partial charge < -0.3 is 10.2 Å². The minimum absolute atomic E-state index is 0.0501. The first-order chi connectivity index (χ1) is 16.2. The maximum Gasteiger partial charge on any atom is 0.242 e. The number of thiophene rings is 1. The van der Waals surface area contributed by atoms with Crippen LogP contribution in [-0.2, 0) is 26.2 Å². The number of hydrogen-bond donors (Lipinski definition) is 1. The summed E-state index contributed by atoms with van der Waals surface area (Å²) >= 11 is 1.51. The number of sulfonamides is 1. The lowest BCUT2D eigenvalue weighted by atomic mass is 9.97. The van der Waals surface area contributed by atoms with E-state index >= 15 is 0 Å². The molecule has 2 heterocycles. The van der Waals surface area contributed by atoms with E-state index in [2.05, 4.69) is 5.32 Å². The largest absolute Gasteiger partial charge is 0.352 e. The monoisotopic (exact) mass is 497 g/mol. The lowest BCUT2D eigenvalue weighted by molar-refractivity contribution is -0.126. The molecule has 0 radical (unpaired) electrons. The van der Waals surface area contributed by atoms with E-state index in [1.165, 1.54) is 31.5 Å². The summed E-state index contributed by atoms with van der Waals surface area (Å²) in [6, 6.07) is 17.7. The third kappa shape index (κ3) is 4.64. The highest BCUT2D eigenvalue weighted by Gasteiger charge is 2.45. The number of carbonyl (C=O) groups is 2. The zero-order valence-electron chi connectivity index (χ0n) is 19.3. The number of aryl methyl sites for hydroxylation is 1. The minimum atomic E-state index is -3.66. The van der Waals surface area contributed by atoms with Crippen LogP contribution in [0.4, 0.5) is 5.69 Å². The van der Waals surface area contributed by atoms with Gasteiger partial charge >= 0.3 is 0 Å². The molecule has 2 unspecified atom stereocenters. The Balaban J connectivity index is 1.60. The van der Waals surface area contributed by atoms with Crippen LogP contribution < -0.4 is 10.2 Å². The van der Waals surface area contributed by atoms with Crippen LogP contribution >= 0.6 is 11.3 Å². The Bertz CT molecular complexity index is 1290. The first-order valence-electron chi connectivity index (χ1n) is 10.9. The highest BCUT2D eigenvalue weighted by Crippen LogP contribution is 2.43. The first-order valence-corrected chi connectivity index (χ1v) is 13.2. The second-order valence-electron chi connectivity index (χ2n) is 8.48. The summed E-state index contributed by atoms with van der Waals surface area (Å²) in [6.45, 7) is 2.03. The van der Waals surface area contributed by atoms with Crippen LogP contribution in [-0.4, -0.2) is 38.6 Å². The van der Waals surface area contributed by atoms with Crippen molar-refractivity contribution in [1.82, 2.24) is 9.62 Å². The molecule has 1 aliphatic rings. The third-order valence-electron chi connectivity index (χ3n) is 5.99. The van der Waals surface area contributed by atoms with Gasteiger partial charge in [0.25, 0.3) is 0 Å². The summed E-state index contributed by atoms with van der Waals surface area (Å²) in [5, 5.41) is 4.82. The van der Waals surface area contributed by atoms with E-state index in [1.807, 2.05) is 48.7 Å². The number of benzene rings is 2. The van der Waals surface area contributed by atoms with Crippen LogP contribution in [0.2, 0.25) is 0 Å². The van der Waals surface area contributed by atoms with Crippen molar-refractivity contribution < 1.29 is 18.0 Å². The SMILES string of the molecule is Cc1ccc(N2C(=O)CC(C(=O)NCc3ccccc3S(=O)(=O)N(C)C)C2c2cccs2)cc1. The van der Waals surface area contributed by atoms with E-state index in [9.17, 15) is 18.0 Å². The molecule has 2 amide bonds. The summed E-state index contributed by atoms with van der Waals surface area (Å²) in [5.74, 6) is -0.985. The van der Waals surface area contributed by atoms with E-state index in [0.717, 1.165) is 20.4 Å². The number of anilines is 1. The second-order valence-corrected chi connectivity index (χ2v) is 11.6. The van der Waals surface area contributed by atoms with Gasteiger partial charge in [0, 0.05) is 37.6 Å². The van der Waals surface area contributed by atoms with Crippen LogP contribution in [0.1, 0.15) is 28.5 Å². The van der Waals surface area contributed by atoms with Crippen molar-refractivity contribution in [3.8, 4) is 0 Å². The second kappa shape index (κ2) is 9.69. The number of amides is 2. The molecule has 1 aliphatic heterocycles. The first kappa shape index (κ1) is 24.1. The van der Waals surface area contributed by atoms with Gasteiger partial charge in [0.15, 0.2) is 0 Å². The van der Waals surface area contributed by atoms with E-state index in [4.69, 9.17) is 0 Å². The van der Waals surface area contributed by atoms with Crippen LogP contribution in [0.15, 0.2) is 70.9 Å². The summed E-state index contributed by atoms with van der Waals surface area (Å²) in [5.41, 5.74) is 2.34. The van der Waals surface area contributed by atoms with Crippen molar-refractivity contribution in [2.24, 2.45) is 5.92 Å². The van der Waals surface area contributed by atoms with Crippen LogP contribution in [0.3, 0.4) is 0 Å². The van der Waals surface area contributed by atoms with Crippen molar-refractivity contribution in [2.75, 3.05) is 19.0 Å². The summed E-state index contributed by atoms with van der Waals surface area (Å²) in [7, 11) is -0.712. The average molecular weight is 498 g/mol. The molecule has 7 nitrogen and oxygen atoms in total. The van der Waals surface area contributed by atoms with Crippen molar-refractivity contribution in [2.45, 2.75) is 30.8 Å². The van der Waals surface area contributed by atoms with Crippen LogP contribution in [0.25, 0.3) is 0 Å². The van der Waals surface area contributed by atoms with Crippen LogP contribution in [0, 0.1) is 12.8 Å². The number of hydrogen-bond acceptors (Lipinski definition) is 5. The Labute approximate surface area is 204 Å². The summed E-state index contributed by atoms with van der Waals surface area (Å²) < 4.78 is 26.5. The molecule has 0 bridgehead atoms. The third-order valence-corrected chi connectivity index (χ3v) is 8.85. The smallest absolute Gasteiger partial charge is 0.242 e. The maximum absolute atomic E-state index is 13.4. The van der Waals surface area contributed by atoms with Crippen LogP contribution in [0.5, 0.6) is 0 Å². The molecule has 34 heavy (non-hydrogen) atoms. The quantitative estimate of drug-likeness (QED) is 0.539. The number of nitrogens with zero attached hydrogens (tertiary/aromatic N) is 2. The topological polar surface area (TPSA) is 86.8 Å². The molecule has 0 spiro atoms. The Hall–Kier alpha value is -3.01. The van der Waals surface area contributed by atoms with Gasteiger partial charge in [0.2, 0.25) is 21.8 Å². The maximum atomic E-state index is 13.4.